The Kier molecular flexibility index (Phi) is 4.02. The van der Waals surface area contributed by atoms with E-state index in [0.29, 0.717) is 6.54 Å². The highest BCUT2D eigenvalue weighted by molar-refractivity contribution is 5.76. The number of hydrogen-bond donors (Lipinski definition) is 2. The molecular formula is C14H24N2O3. The number of carboxylic acid groups (broad SMARTS) is 1. The fourth-order valence-corrected chi connectivity index (χ4v) is 2.88. The van der Waals surface area contributed by atoms with Gasteiger partial charge in [0.05, 0.1) is 6.42 Å². The normalized spacial score (nSPS) is 25.1. The molecular weight excluding hydrogens is 244 g/mol. The van der Waals surface area contributed by atoms with Crippen LogP contribution in [0.25, 0.3) is 0 Å². The van der Waals surface area contributed by atoms with Crippen LogP contribution in [0.1, 0.15) is 52.4 Å². The van der Waals surface area contributed by atoms with E-state index < -0.39 is 5.97 Å². The van der Waals surface area contributed by atoms with E-state index >= 15 is 0 Å². The predicted molar refractivity (Wildman–Crippen MR) is 71.9 cm³/mol. The number of carbonyl (C=O) groups excluding carboxylic acids is 1. The van der Waals surface area contributed by atoms with Crippen molar-refractivity contribution in [3.8, 4) is 0 Å². The first-order valence-corrected chi connectivity index (χ1v) is 7.19. The Hall–Kier alpha value is -1.26. The molecule has 2 amide bonds. The van der Waals surface area contributed by atoms with E-state index in [0.717, 1.165) is 32.1 Å². The van der Waals surface area contributed by atoms with Gasteiger partial charge in [0.15, 0.2) is 0 Å². The van der Waals surface area contributed by atoms with Crippen LogP contribution in [0.4, 0.5) is 4.79 Å². The van der Waals surface area contributed by atoms with Crippen LogP contribution in [0.5, 0.6) is 0 Å². The standard InChI is InChI=1S/C14H24N2O3/c1-14(2)8-3-4-11(14)15-13(19)16(10-5-6-10)9-7-12(17)18/h10-11H,3-9H2,1-2H3,(H,15,19)(H,17,18). The zero-order chi connectivity index (χ0) is 14.0. The summed E-state index contributed by atoms with van der Waals surface area (Å²) < 4.78 is 0. The van der Waals surface area contributed by atoms with E-state index in [4.69, 9.17) is 5.11 Å². The van der Waals surface area contributed by atoms with Crippen molar-refractivity contribution in [3.63, 3.8) is 0 Å². The topological polar surface area (TPSA) is 69.6 Å². The molecule has 1 atom stereocenters. The molecule has 0 bridgehead atoms. The number of aliphatic carboxylic acids is 1. The van der Waals surface area contributed by atoms with E-state index in [1.54, 1.807) is 4.90 Å². The number of amides is 2. The minimum atomic E-state index is -0.848. The third-order valence-corrected chi connectivity index (χ3v) is 4.37. The molecule has 0 aromatic heterocycles. The molecule has 19 heavy (non-hydrogen) atoms. The summed E-state index contributed by atoms with van der Waals surface area (Å²) in [5.41, 5.74) is 0.150. The summed E-state index contributed by atoms with van der Waals surface area (Å²) in [6.45, 7) is 4.69. The van der Waals surface area contributed by atoms with Gasteiger partial charge in [-0.3, -0.25) is 4.79 Å². The highest BCUT2D eigenvalue weighted by atomic mass is 16.4. The Labute approximate surface area is 114 Å². The Morgan fingerprint density at radius 2 is 2.00 bits per heavy atom. The summed E-state index contributed by atoms with van der Waals surface area (Å²) >= 11 is 0. The second-order valence-corrected chi connectivity index (χ2v) is 6.45. The van der Waals surface area contributed by atoms with Gasteiger partial charge in [0.1, 0.15) is 0 Å². The molecule has 5 heteroatoms. The third kappa shape index (κ3) is 3.61. The largest absolute Gasteiger partial charge is 0.481 e. The summed E-state index contributed by atoms with van der Waals surface area (Å²) in [6, 6.07) is 0.388. The maximum Gasteiger partial charge on any atom is 0.317 e. The molecule has 0 heterocycles. The van der Waals surface area contributed by atoms with E-state index in [9.17, 15) is 9.59 Å². The maximum atomic E-state index is 12.3. The van der Waals surface area contributed by atoms with Crippen molar-refractivity contribution in [1.82, 2.24) is 10.2 Å². The molecule has 2 saturated carbocycles. The number of carbonyl (C=O) groups is 2. The van der Waals surface area contributed by atoms with Gasteiger partial charge in [-0.25, -0.2) is 4.79 Å². The molecule has 2 N–H and O–H groups in total. The van der Waals surface area contributed by atoms with Crippen LogP contribution < -0.4 is 5.32 Å². The van der Waals surface area contributed by atoms with Crippen molar-refractivity contribution in [2.45, 2.75) is 64.5 Å². The second-order valence-electron chi connectivity index (χ2n) is 6.45. The summed E-state index contributed by atoms with van der Waals surface area (Å²) in [6.07, 6.45) is 5.34. The van der Waals surface area contributed by atoms with Gasteiger partial charge in [-0.15, -0.1) is 0 Å². The lowest BCUT2D eigenvalue weighted by Crippen LogP contribution is -2.49. The van der Waals surface area contributed by atoms with Crippen LogP contribution in [-0.4, -0.2) is 40.6 Å². The average molecular weight is 268 g/mol. The molecule has 2 fully saturated rings. The summed E-state index contributed by atoms with van der Waals surface area (Å²) in [7, 11) is 0. The van der Waals surface area contributed by atoms with Crippen molar-refractivity contribution in [3.05, 3.63) is 0 Å². The Bertz CT molecular complexity index is 364. The highest BCUT2D eigenvalue weighted by Crippen LogP contribution is 2.37. The Morgan fingerprint density at radius 3 is 2.47 bits per heavy atom. The lowest BCUT2D eigenvalue weighted by molar-refractivity contribution is -0.137. The Balaban J connectivity index is 1.90. The summed E-state index contributed by atoms with van der Waals surface area (Å²) in [5, 5.41) is 11.9. The van der Waals surface area contributed by atoms with Crippen molar-refractivity contribution < 1.29 is 14.7 Å². The molecule has 108 valence electrons. The van der Waals surface area contributed by atoms with Crippen LogP contribution >= 0.6 is 0 Å². The first-order valence-electron chi connectivity index (χ1n) is 7.19. The quantitative estimate of drug-likeness (QED) is 0.803. The fourth-order valence-electron chi connectivity index (χ4n) is 2.88. The monoisotopic (exact) mass is 268 g/mol. The SMILES string of the molecule is CC1(C)CCCC1NC(=O)N(CCC(=O)O)C1CC1. The molecule has 2 aliphatic carbocycles. The number of hydrogen-bond acceptors (Lipinski definition) is 2. The smallest absolute Gasteiger partial charge is 0.317 e. The first kappa shape index (κ1) is 14.2. The summed E-state index contributed by atoms with van der Waals surface area (Å²) in [4.78, 5) is 24.7. The molecule has 1 unspecified atom stereocenters. The van der Waals surface area contributed by atoms with Gasteiger partial charge in [0.25, 0.3) is 0 Å². The second kappa shape index (κ2) is 5.39. The number of rotatable bonds is 5. The van der Waals surface area contributed by atoms with Gasteiger partial charge in [-0.1, -0.05) is 20.3 Å². The van der Waals surface area contributed by atoms with Crippen LogP contribution in [-0.2, 0) is 4.79 Å². The first-order chi connectivity index (χ1) is 8.90. The third-order valence-electron chi connectivity index (χ3n) is 4.37. The van der Waals surface area contributed by atoms with Gasteiger partial charge in [-0.2, -0.15) is 0 Å². The van der Waals surface area contributed by atoms with E-state index in [1.165, 1.54) is 0 Å². The molecule has 5 nitrogen and oxygen atoms in total. The van der Waals surface area contributed by atoms with Gasteiger partial charge in [-0.05, 0) is 31.1 Å². The van der Waals surface area contributed by atoms with E-state index in [1.807, 2.05) is 0 Å². The van der Waals surface area contributed by atoms with Crippen molar-refractivity contribution in [2.24, 2.45) is 5.41 Å². The van der Waals surface area contributed by atoms with Crippen LogP contribution in [0.3, 0.4) is 0 Å². The van der Waals surface area contributed by atoms with Gasteiger partial charge in [0, 0.05) is 18.6 Å². The Morgan fingerprint density at radius 1 is 1.32 bits per heavy atom. The number of nitrogens with one attached hydrogen (secondary N) is 1. The van der Waals surface area contributed by atoms with Crippen molar-refractivity contribution >= 4 is 12.0 Å². The van der Waals surface area contributed by atoms with Crippen molar-refractivity contribution in [2.75, 3.05) is 6.54 Å². The fraction of sp³-hybridized carbons (Fsp3) is 0.857. The molecule has 0 aliphatic heterocycles. The summed E-state index contributed by atoms with van der Waals surface area (Å²) in [5.74, 6) is -0.848. The zero-order valence-electron chi connectivity index (χ0n) is 11.8. The van der Waals surface area contributed by atoms with Crippen LogP contribution in [0, 0.1) is 5.41 Å². The maximum absolute atomic E-state index is 12.3. The lowest BCUT2D eigenvalue weighted by atomic mass is 9.87. The molecule has 2 aliphatic rings. The van der Waals surface area contributed by atoms with Crippen molar-refractivity contribution in [1.29, 1.82) is 0 Å². The molecule has 0 spiro atoms. The van der Waals surface area contributed by atoms with E-state index in [2.05, 4.69) is 19.2 Å². The van der Waals surface area contributed by atoms with Gasteiger partial charge in [0.2, 0.25) is 0 Å². The van der Waals surface area contributed by atoms with Crippen LogP contribution in [0.2, 0.25) is 0 Å². The number of urea groups is 1. The molecule has 0 radical (unpaired) electrons. The molecule has 0 aromatic rings. The average Bonchev–Trinajstić information content (AvgIpc) is 3.06. The van der Waals surface area contributed by atoms with Crippen LogP contribution in [0.15, 0.2) is 0 Å². The molecule has 2 rings (SSSR count). The molecule has 0 aromatic carbocycles. The highest BCUT2D eigenvalue weighted by Gasteiger charge is 2.38. The van der Waals surface area contributed by atoms with Gasteiger partial charge < -0.3 is 15.3 Å². The zero-order valence-corrected chi connectivity index (χ0v) is 11.8. The van der Waals surface area contributed by atoms with E-state index in [-0.39, 0.29) is 30.0 Å². The minimum absolute atomic E-state index is 0.0258. The van der Waals surface area contributed by atoms with Gasteiger partial charge >= 0.3 is 12.0 Å². The lowest BCUT2D eigenvalue weighted by Gasteiger charge is -2.31. The predicted octanol–water partition coefficient (Wildman–Crippen LogP) is 2.21. The molecule has 0 saturated heterocycles. The minimum Gasteiger partial charge on any atom is -0.481 e. The number of carboxylic acids is 1. The number of nitrogens with zero attached hydrogens (tertiary/aromatic N) is 1.